The van der Waals surface area contributed by atoms with Crippen molar-refractivity contribution in [3.63, 3.8) is 0 Å². The minimum atomic E-state index is -0.278. The van der Waals surface area contributed by atoms with Crippen molar-refractivity contribution >= 4 is 39.9 Å². The summed E-state index contributed by atoms with van der Waals surface area (Å²) in [6.07, 6.45) is 3.64. The molecule has 0 fully saturated rings. The third kappa shape index (κ3) is 2.77. The first kappa shape index (κ1) is 17.1. The maximum absolute atomic E-state index is 14.2. The van der Waals surface area contributed by atoms with Gasteiger partial charge in [-0.05, 0) is 37.3 Å². The Morgan fingerprint density at radius 2 is 2.08 bits per heavy atom. The molecule has 0 unspecified atom stereocenters. The number of hydrogen-bond donors (Lipinski definition) is 0. The zero-order chi connectivity index (χ0) is 18.3. The summed E-state index contributed by atoms with van der Waals surface area (Å²) in [5.41, 5.74) is 1.27. The normalized spacial score (nSPS) is 16.3. The first-order chi connectivity index (χ1) is 12.6. The Bertz CT molecular complexity index is 1150. The molecule has 0 N–H and O–H groups in total. The largest absolute Gasteiger partial charge is 0.334 e. The van der Waals surface area contributed by atoms with E-state index in [9.17, 15) is 9.18 Å². The van der Waals surface area contributed by atoms with Crippen molar-refractivity contribution in [3.8, 4) is 0 Å². The number of pyridine rings is 1. The molecule has 0 spiro atoms. The molecule has 3 heterocycles. The van der Waals surface area contributed by atoms with Crippen molar-refractivity contribution in [1.29, 1.82) is 0 Å². The van der Waals surface area contributed by atoms with E-state index < -0.39 is 0 Å². The third-order valence-electron chi connectivity index (χ3n) is 4.18. The number of fused-ring (bicyclic) bond motifs is 1. The zero-order valence-electron chi connectivity index (χ0n) is 14.3. The number of thioether (sulfide) groups is 1. The van der Waals surface area contributed by atoms with Crippen LogP contribution in [0.15, 0.2) is 52.3 Å². The molecule has 0 saturated heterocycles. The molecule has 0 atom stereocenters. The second-order valence-electron chi connectivity index (χ2n) is 5.77. The third-order valence-corrected chi connectivity index (χ3v) is 6.65. The van der Waals surface area contributed by atoms with E-state index in [0.29, 0.717) is 16.8 Å². The fourth-order valence-corrected chi connectivity index (χ4v) is 5.41. The second kappa shape index (κ2) is 6.74. The zero-order valence-corrected chi connectivity index (χ0v) is 15.9. The lowest BCUT2D eigenvalue weighted by Gasteiger charge is -2.12. The van der Waals surface area contributed by atoms with E-state index in [1.54, 1.807) is 28.8 Å². The highest BCUT2D eigenvalue weighted by molar-refractivity contribution is 8.08. The lowest BCUT2D eigenvalue weighted by Crippen LogP contribution is -2.33. The summed E-state index contributed by atoms with van der Waals surface area (Å²) in [6, 6.07) is 10.7. The summed E-state index contributed by atoms with van der Waals surface area (Å²) in [5, 5.41) is 0.767. The molecular formula is C19H16FN3OS2. The number of para-hydroxylation sites is 1. The van der Waals surface area contributed by atoms with Crippen molar-refractivity contribution in [2.45, 2.75) is 18.4 Å². The minimum absolute atomic E-state index is 0.0535. The monoisotopic (exact) mass is 385 g/mol. The van der Waals surface area contributed by atoms with Gasteiger partial charge in [0.15, 0.2) is 0 Å². The topological polar surface area (TPSA) is 38.1 Å². The molecule has 2 aromatic heterocycles. The maximum atomic E-state index is 14.2. The van der Waals surface area contributed by atoms with Crippen molar-refractivity contribution in [2.75, 3.05) is 11.9 Å². The number of rotatable bonds is 2. The number of benzene rings is 1. The molecule has 1 aromatic carbocycles. The number of nitrogens with zero attached hydrogens (tertiary/aromatic N) is 3. The van der Waals surface area contributed by atoms with E-state index in [2.05, 4.69) is 4.98 Å². The molecule has 4 rings (SSSR count). The van der Waals surface area contributed by atoms with Gasteiger partial charge >= 0.3 is 0 Å². The van der Waals surface area contributed by atoms with E-state index >= 15 is 0 Å². The average Bonchev–Trinajstić information content (AvgIpc) is 3.13. The summed E-state index contributed by atoms with van der Waals surface area (Å²) in [5.74, 6) is -0.278. The van der Waals surface area contributed by atoms with Crippen molar-refractivity contribution in [3.05, 3.63) is 73.7 Å². The number of aromatic nitrogens is 2. The molecule has 0 aliphatic carbocycles. The molecule has 0 saturated carbocycles. The van der Waals surface area contributed by atoms with Gasteiger partial charge < -0.3 is 4.90 Å². The predicted octanol–water partition coefficient (Wildman–Crippen LogP) is 2.60. The van der Waals surface area contributed by atoms with Gasteiger partial charge in [0.25, 0.3) is 5.56 Å². The van der Waals surface area contributed by atoms with Gasteiger partial charge in [0.05, 0.1) is 11.4 Å². The number of halogens is 1. The fraction of sp³-hybridized carbons (Fsp3) is 0.158. The molecule has 1 aliphatic heterocycles. The van der Waals surface area contributed by atoms with E-state index in [0.717, 1.165) is 20.3 Å². The first-order valence-electron chi connectivity index (χ1n) is 8.17. The Kier molecular flexibility index (Phi) is 4.42. The Balaban J connectivity index is 1.95. The summed E-state index contributed by atoms with van der Waals surface area (Å²) in [7, 11) is 1.80. The standard InChI is InChI=1S/C19H16FN3OS2/c1-3-23-15(11-12-7-4-5-10-21-12)26-17(18(23)24)19-22(2)16-13(20)8-6-9-14(16)25-19/h4-11H,3H2,1-2H3/b15-11-,19-17+. The molecule has 26 heavy (non-hydrogen) atoms. The van der Waals surface area contributed by atoms with Crippen LogP contribution < -0.4 is 19.7 Å². The smallest absolute Gasteiger partial charge is 0.271 e. The van der Waals surface area contributed by atoms with Crippen LogP contribution in [0, 0.1) is 5.82 Å². The summed E-state index contributed by atoms with van der Waals surface area (Å²) in [4.78, 5) is 19.9. The molecule has 132 valence electrons. The van der Waals surface area contributed by atoms with Crippen LogP contribution in [0.3, 0.4) is 0 Å². The number of hydrogen-bond acceptors (Lipinski definition) is 5. The number of thiazole rings is 1. The summed E-state index contributed by atoms with van der Waals surface area (Å²) in [6.45, 7) is 2.51. The molecular weight excluding hydrogens is 369 g/mol. The lowest BCUT2D eigenvalue weighted by atomic mass is 10.3. The van der Waals surface area contributed by atoms with Gasteiger partial charge in [-0.15, -0.1) is 11.3 Å². The highest BCUT2D eigenvalue weighted by Gasteiger charge is 2.27. The van der Waals surface area contributed by atoms with Gasteiger partial charge in [0, 0.05) is 24.7 Å². The van der Waals surface area contributed by atoms with Gasteiger partial charge in [-0.3, -0.25) is 14.3 Å². The predicted molar refractivity (Wildman–Crippen MR) is 105 cm³/mol. The van der Waals surface area contributed by atoms with Crippen LogP contribution in [0.25, 0.3) is 11.1 Å². The Hall–Kier alpha value is -2.38. The first-order valence-corrected chi connectivity index (χ1v) is 9.80. The molecule has 3 aromatic rings. The summed E-state index contributed by atoms with van der Waals surface area (Å²) < 4.78 is 17.4. The second-order valence-corrected chi connectivity index (χ2v) is 7.83. The van der Waals surface area contributed by atoms with E-state index in [4.69, 9.17) is 0 Å². The van der Waals surface area contributed by atoms with Crippen LogP contribution in [-0.2, 0) is 6.54 Å². The van der Waals surface area contributed by atoms with E-state index in [1.165, 1.54) is 29.2 Å². The molecule has 4 nitrogen and oxygen atoms in total. The van der Waals surface area contributed by atoms with Crippen LogP contribution in [0.4, 0.5) is 10.1 Å². The molecule has 0 bridgehead atoms. The van der Waals surface area contributed by atoms with Crippen molar-refractivity contribution < 1.29 is 4.39 Å². The highest BCUT2D eigenvalue weighted by atomic mass is 32.2. The van der Waals surface area contributed by atoms with Crippen LogP contribution in [0.5, 0.6) is 0 Å². The molecule has 1 aliphatic rings. The highest BCUT2D eigenvalue weighted by Crippen LogP contribution is 2.46. The van der Waals surface area contributed by atoms with Crippen molar-refractivity contribution in [2.24, 2.45) is 0 Å². The summed E-state index contributed by atoms with van der Waals surface area (Å²) >= 11 is 2.85. The molecule has 0 amide bonds. The van der Waals surface area contributed by atoms with Gasteiger partial charge in [-0.2, -0.15) is 0 Å². The SMILES string of the molecule is CCn1c(=O)/c(=C2\Sc3cccc(F)c3N2C)s/c1=C\c1ccccn1. The van der Waals surface area contributed by atoms with Crippen LogP contribution >= 0.6 is 23.1 Å². The van der Waals surface area contributed by atoms with Gasteiger partial charge in [-0.25, -0.2) is 4.39 Å². The minimum Gasteiger partial charge on any atom is -0.334 e. The Labute approximate surface area is 157 Å². The van der Waals surface area contributed by atoms with Crippen LogP contribution in [0.1, 0.15) is 12.6 Å². The maximum Gasteiger partial charge on any atom is 0.271 e. The Morgan fingerprint density at radius 3 is 2.77 bits per heavy atom. The average molecular weight is 385 g/mol. The van der Waals surface area contributed by atoms with Crippen LogP contribution in [0.2, 0.25) is 0 Å². The van der Waals surface area contributed by atoms with E-state index in [-0.39, 0.29) is 11.4 Å². The molecule has 7 heteroatoms. The van der Waals surface area contributed by atoms with Gasteiger partial charge in [0.1, 0.15) is 20.0 Å². The van der Waals surface area contributed by atoms with Crippen molar-refractivity contribution in [1.82, 2.24) is 9.55 Å². The van der Waals surface area contributed by atoms with E-state index in [1.807, 2.05) is 37.3 Å². The quantitative estimate of drug-likeness (QED) is 0.680. The van der Waals surface area contributed by atoms with Gasteiger partial charge in [0.2, 0.25) is 0 Å². The van der Waals surface area contributed by atoms with Gasteiger partial charge in [-0.1, -0.05) is 23.9 Å². The fourth-order valence-electron chi connectivity index (χ4n) is 2.93. The van der Waals surface area contributed by atoms with Crippen LogP contribution in [-0.4, -0.2) is 16.6 Å². The Morgan fingerprint density at radius 1 is 1.23 bits per heavy atom. The number of anilines is 1. The molecule has 0 radical (unpaired) electrons. The lowest BCUT2D eigenvalue weighted by molar-refractivity contribution is 0.625.